The summed E-state index contributed by atoms with van der Waals surface area (Å²) < 4.78 is 16.3. The fourth-order valence-corrected chi connectivity index (χ4v) is 4.57. The molecule has 0 saturated heterocycles. The predicted octanol–water partition coefficient (Wildman–Crippen LogP) is 3.50. The molecule has 2 aromatic carbocycles. The number of aryl methyl sites for hydroxylation is 1. The Hall–Kier alpha value is -3.84. The number of fused-ring (bicyclic) bond motifs is 3. The van der Waals surface area contributed by atoms with Crippen molar-refractivity contribution in [2.75, 3.05) is 13.7 Å². The molecule has 2 aromatic heterocycles. The lowest BCUT2D eigenvalue weighted by Crippen LogP contribution is -2.37. The van der Waals surface area contributed by atoms with Crippen molar-refractivity contribution in [2.24, 2.45) is 14.1 Å². The van der Waals surface area contributed by atoms with Gasteiger partial charge in [0.05, 0.1) is 36.0 Å². The number of hydrogen-bond donors (Lipinski definition) is 0. The molecule has 0 bridgehead atoms. The van der Waals surface area contributed by atoms with E-state index in [2.05, 4.69) is 4.57 Å². The summed E-state index contributed by atoms with van der Waals surface area (Å²) in [4.78, 5) is 26.2. The van der Waals surface area contributed by atoms with Crippen LogP contribution in [0.1, 0.15) is 17.4 Å². The van der Waals surface area contributed by atoms with Gasteiger partial charge in [-0.05, 0) is 41.5 Å². The monoisotopic (exact) mass is 443 g/mol. The molecule has 5 rings (SSSR count). The Bertz CT molecular complexity index is 1470. The van der Waals surface area contributed by atoms with Crippen LogP contribution in [-0.4, -0.2) is 27.4 Å². The number of benzene rings is 2. The van der Waals surface area contributed by atoms with E-state index in [9.17, 15) is 9.59 Å². The third-order valence-electron chi connectivity index (χ3n) is 6.21. The Morgan fingerprint density at radius 3 is 2.42 bits per heavy atom. The molecule has 3 heterocycles. The molecule has 0 saturated carbocycles. The second-order valence-corrected chi connectivity index (χ2v) is 8.10. The van der Waals surface area contributed by atoms with Crippen LogP contribution in [-0.2, 0) is 25.4 Å². The van der Waals surface area contributed by atoms with Crippen molar-refractivity contribution < 1.29 is 9.47 Å². The van der Waals surface area contributed by atoms with Gasteiger partial charge in [0.25, 0.3) is 5.56 Å². The fourth-order valence-electron chi connectivity index (χ4n) is 4.57. The number of ether oxygens (including phenoxy) is 2. The minimum Gasteiger partial charge on any atom is -0.497 e. The maximum atomic E-state index is 13.4. The van der Waals surface area contributed by atoms with E-state index in [1.54, 1.807) is 18.7 Å². The lowest BCUT2D eigenvalue weighted by Gasteiger charge is -2.25. The Morgan fingerprint density at radius 2 is 1.73 bits per heavy atom. The average molecular weight is 444 g/mol. The highest BCUT2D eigenvalue weighted by Gasteiger charge is 2.31. The molecule has 7 heteroatoms. The van der Waals surface area contributed by atoms with E-state index in [4.69, 9.17) is 9.47 Å². The molecule has 1 aliphatic heterocycles. The fraction of sp³-hybridized carbons (Fsp3) is 0.231. The van der Waals surface area contributed by atoms with E-state index in [0.717, 1.165) is 32.8 Å². The Morgan fingerprint density at radius 1 is 1.00 bits per heavy atom. The van der Waals surface area contributed by atoms with Crippen molar-refractivity contribution in [3.8, 4) is 17.0 Å². The molecule has 0 radical (unpaired) electrons. The van der Waals surface area contributed by atoms with E-state index in [-0.39, 0.29) is 11.2 Å². The largest absolute Gasteiger partial charge is 0.497 e. The average Bonchev–Trinajstić information content (AvgIpc) is 3.21. The van der Waals surface area contributed by atoms with Crippen LogP contribution >= 0.6 is 0 Å². The third-order valence-corrected chi connectivity index (χ3v) is 6.21. The molecule has 0 N–H and O–H groups in total. The van der Waals surface area contributed by atoms with Crippen molar-refractivity contribution in [1.82, 2.24) is 13.7 Å². The first kappa shape index (κ1) is 21.0. The minimum absolute atomic E-state index is 0.313. The van der Waals surface area contributed by atoms with Gasteiger partial charge in [-0.1, -0.05) is 36.4 Å². The van der Waals surface area contributed by atoms with Crippen LogP contribution in [0.4, 0.5) is 0 Å². The Labute approximate surface area is 190 Å². The van der Waals surface area contributed by atoms with Crippen LogP contribution < -0.4 is 16.0 Å². The van der Waals surface area contributed by atoms with Gasteiger partial charge in [-0.3, -0.25) is 13.9 Å². The topological polar surface area (TPSA) is 67.4 Å². The summed E-state index contributed by atoms with van der Waals surface area (Å²) in [6, 6.07) is 17.6. The minimum atomic E-state index is -0.397. The summed E-state index contributed by atoms with van der Waals surface area (Å²) in [7, 11) is 4.84. The summed E-state index contributed by atoms with van der Waals surface area (Å²) in [6.45, 7) is 1.08. The Balaban J connectivity index is 1.81. The van der Waals surface area contributed by atoms with Gasteiger partial charge in [0, 0.05) is 20.6 Å². The second kappa shape index (κ2) is 8.26. The van der Waals surface area contributed by atoms with Gasteiger partial charge in [-0.25, -0.2) is 4.79 Å². The van der Waals surface area contributed by atoms with Crippen molar-refractivity contribution in [2.45, 2.75) is 12.6 Å². The lowest BCUT2D eigenvalue weighted by atomic mass is 10.1. The highest BCUT2D eigenvalue weighted by molar-refractivity contribution is 5.96. The molecule has 1 unspecified atom stereocenters. The smallest absolute Gasteiger partial charge is 0.331 e. The zero-order chi connectivity index (χ0) is 23.1. The van der Waals surface area contributed by atoms with Crippen LogP contribution in [0.2, 0.25) is 0 Å². The first-order valence-electron chi connectivity index (χ1n) is 10.8. The zero-order valence-corrected chi connectivity index (χ0v) is 18.8. The number of nitrogens with zero attached hydrogens (tertiary/aromatic N) is 3. The molecule has 7 nitrogen and oxygen atoms in total. The number of methoxy groups -OCH3 is 1. The third kappa shape index (κ3) is 3.41. The maximum Gasteiger partial charge on any atom is 0.331 e. The maximum absolute atomic E-state index is 13.4. The lowest BCUT2D eigenvalue weighted by molar-refractivity contribution is 0.0532. The summed E-state index contributed by atoms with van der Waals surface area (Å²) in [5, 5.41) is 0.517. The highest BCUT2D eigenvalue weighted by Crippen LogP contribution is 2.39. The van der Waals surface area contributed by atoms with Crippen molar-refractivity contribution in [3.63, 3.8) is 0 Å². The van der Waals surface area contributed by atoms with E-state index in [1.165, 1.54) is 7.05 Å². The highest BCUT2D eigenvalue weighted by atomic mass is 16.5. The zero-order valence-electron chi connectivity index (χ0n) is 18.8. The first-order chi connectivity index (χ1) is 16.0. The van der Waals surface area contributed by atoms with Crippen LogP contribution in [0.15, 0.2) is 70.3 Å². The van der Waals surface area contributed by atoms with E-state index < -0.39 is 6.10 Å². The van der Waals surface area contributed by atoms with Gasteiger partial charge < -0.3 is 14.0 Å². The molecular formula is C26H25N3O4. The molecule has 0 amide bonds. The van der Waals surface area contributed by atoms with E-state index in [0.29, 0.717) is 24.1 Å². The van der Waals surface area contributed by atoms with Gasteiger partial charge in [0.2, 0.25) is 0 Å². The molecule has 0 fully saturated rings. The quantitative estimate of drug-likeness (QED) is 0.484. The molecule has 1 atom stereocenters. The van der Waals surface area contributed by atoms with Gasteiger partial charge in [-0.2, -0.15) is 0 Å². The van der Waals surface area contributed by atoms with Gasteiger partial charge in [-0.15, -0.1) is 0 Å². The second-order valence-electron chi connectivity index (χ2n) is 8.10. The van der Waals surface area contributed by atoms with E-state index >= 15 is 0 Å². The predicted molar refractivity (Wildman–Crippen MR) is 129 cm³/mol. The normalized spacial score (nSPS) is 15.8. The molecule has 4 aromatic rings. The van der Waals surface area contributed by atoms with Gasteiger partial charge >= 0.3 is 5.69 Å². The first-order valence-corrected chi connectivity index (χ1v) is 10.8. The van der Waals surface area contributed by atoms with Gasteiger partial charge in [0.15, 0.2) is 0 Å². The summed E-state index contributed by atoms with van der Waals surface area (Å²) in [5.74, 6) is 0.737. The summed E-state index contributed by atoms with van der Waals surface area (Å²) in [5.41, 5.74) is 3.47. The van der Waals surface area contributed by atoms with Gasteiger partial charge in [0.1, 0.15) is 11.9 Å². The van der Waals surface area contributed by atoms with Crippen LogP contribution in [0, 0.1) is 0 Å². The van der Waals surface area contributed by atoms with Crippen LogP contribution in [0.3, 0.4) is 0 Å². The van der Waals surface area contributed by atoms with E-state index in [1.807, 2.05) is 66.7 Å². The van der Waals surface area contributed by atoms with Crippen LogP contribution in [0.5, 0.6) is 5.75 Å². The standard InChI is InChI=1S/C26H25N3O4/c1-27-24-21(25(30)28(2)26(27)31)22(18-10-12-19(32-3)13-11-18)29-15-16-33-20(23(24)29)14-9-17-7-5-4-6-8-17/h4-14,20H,15-16H2,1-3H3. The SMILES string of the molecule is COc1ccc(-c2c3c(=O)n(C)c(=O)n(C)c3c3n2CCOC3C=Cc2ccccc2)cc1. The molecule has 0 spiro atoms. The molecule has 1 aliphatic rings. The van der Waals surface area contributed by atoms with Crippen molar-refractivity contribution in [1.29, 1.82) is 0 Å². The molecule has 168 valence electrons. The number of rotatable bonds is 4. The molecule has 33 heavy (non-hydrogen) atoms. The van der Waals surface area contributed by atoms with Crippen molar-refractivity contribution in [3.05, 3.63) is 92.8 Å². The number of hydrogen-bond acceptors (Lipinski definition) is 4. The molecule has 0 aliphatic carbocycles. The van der Waals surface area contributed by atoms with Crippen molar-refractivity contribution >= 4 is 17.0 Å². The molecular weight excluding hydrogens is 418 g/mol. The summed E-state index contributed by atoms with van der Waals surface area (Å²) in [6.07, 6.45) is 3.59. The summed E-state index contributed by atoms with van der Waals surface area (Å²) >= 11 is 0. The number of aromatic nitrogens is 3. The van der Waals surface area contributed by atoms with Crippen LogP contribution in [0.25, 0.3) is 28.2 Å². The Kier molecular flexibility index (Phi) is 5.26.